The highest BCUT2D eigenvalue weighted by Crippen LogP contribution is 2.21. The van der Waals surface area contributed by atoms with Crippen LogP contribution < -0.4 is 11.1 Å². The maximum Gasteiger partial charge on any atom is 0.341 e. The number of phenols is 1. The topological polar surface area (TPSA) is 132 Å². The number of aryl methyl sites for hydroxylation is 1. The molecule has 0 saturated heterocycles. The number of H-pyrrole nitrogens is 1. The number of fused-ring (bicyclic) bond motifs is 2. The van der Waals surface area contributed by atoms with Crippen LogP contribution in [0.5, 0.6) is 5.75 Å². The van der Waals surface area contributed by atoms with Gasteiger partial charge in [0.15, 0.2) is 0 Å². The standard InChI is InChI=1S/C17H13N5O5/c1-8-18-13-4-3-9(23)5-10(13)16(25)22(8)21-6-11-14(19-20-15(11)24)12(7-21)17(26)27-2/h3-7,23H,1-2H3,(H,20,24). The molecule has 2 aliphatic heterocycles. The summed E-state index contributed by atoms with van der Waals surface area (Å²) in [6.07, 6.45) is 2.71. The molecule has 1 aromatic heterocycles. The number of ether oxygens (including phenoxy) is 1. The Labute approximate surface area is 150 Å². The number of aromatic hydroxyl groups is 1. The lowest BCUT2D eigenvalue weighted by atomic mass is 10.1. The van der Waals surface area contributed by atoms with E-state index in [1.165, 1.54) is 47.1 Å². The molecule has 0 amide bonds. The molecule has 2 N–H and O–H groups in total. The van der Waals surface area contributed by atoms with Gasteiger partial charge in [0.05, 0.1) is 23.6 Å². The maximum absolute atomic E-state index is 13.0. The third-order valence-electron chi connectivity index (χ3n) is 4.17. The molecule has 27 heavy (non-hydrogen) atoms. The number of aromatic nitrogens is 5. The number of nitrogens with one attached hydrogen (secondary N) is 1. The number of hydrogen-bond donors (Lipinski definition) is 2. The van der Waals surface area contributed by atoms with Gasteiger partial charge in [-0.3, -0.25) is 14.3 Å². The number of esters is 1. The van der Waals surface area contributed by atoms with Gasteiger partial charge in [-0.15, -0.1) is 0 Å². The predicted octanol–water partition coefficient (Wildman–Crippen LogP) is 0.498. The SMILES string of the molecule is COC(=O)c1cn(-n2c(C)nc3ccc(O)cc3c2=O)cc2c(=O)[nH]nc1-2. The normalized spacial score (nSPS) is 11.2. The van der Waals surface area contributed by atoms with Crippen LogP contribution >= 0.6 is 0 Å². The van der Waals surface area contributed by atoms with Crippen LogP contribution in [0.25, 0.3) is 22.2 Å². The van der Waals surface area contributed by atoms with E-state index >= 15 is 0 Å². The first-order chi connectivity index (χ1) is 12.9. The van der Waals surface area contributed by atoms with Gasteiger partial charge in [-0.2, -0.15) is 9.77 Å². The minimum absolute atomic E-state index is 0.00987. The molecule has 1 aromatic carbocycles. The van der Waals surface area contributed by atoms with Crippen molar-refractivity contribution in [2.45, 2.75) is 6.92 Å². The van der Waals surface area contributed by atoms with Gasteiger partial charge in [0, 0.05) is 12.4 Å². The van der Waals surface area contributed by atoms with Crippen molar-refractivity contribution < 1.29 is 14.6 Å². The van der Waals surface area contributed by atoms with E-state index < -0.39 is 17.1 Å². The van der Waals surface area contributed by atoms with Gasteiger partial charge in [0.2, 0.25) is 0 Å². The summed E-state index contributed by atoms with van der Waals surface area (Å²) in [5, 5.41) is 16.0. The van der Waals surface area contributed by atoms with Gasteiger partial charge in [0.1, 0.15) is 22.8 Å². The molecular weight excluding hydrogens is 354 g/mol. The Balaban J connectivity index is 2.10. The van der Waals surface area contributed by atoms with E-state index in [-0.39, 0.29) is 28.0 Å². The lowest BCUT2D eigenvalue weighted by Gasteiger charge is -2.16. The van der Waals surface area contributed by atoms with Crippen molar-refractivity contribution in [3.05, 3.63) is 62.7 Å². The van der Waals surface area contributed by atoms with E-state index in [1.54, 1.807) is 6.92 Å². The Morgan fingerprint density at radius 3 is 2.78 bits per heavy atom. The van der Waals surface area contributed by atoms with Crippen molar-refractivity contribution in [2.24, 2.45) is 0 Å². The average molecular weight is 367 g/mol. The molecule has 2 aliphatic rings. The Kier molecular flexibility index (Phi) is 3.55. The summed E-state index contributed by atoms with van der Waals surface area (Å²) < 4.78 is 7.20. The number of pyridine rings is 1. The molecule has 0 saturated carbocycles. The lowest BCUT2D eigenvalue weighted by molar-refractivity contribution is 0.0600. The van der Waals surface area contributed by atoms with Crippen molar-refractivity contribution >= 4 is 16.9 Å². The molecule has 0 radical (unpaired) electrons. The Bertz CT molecular complexity index is 1300. The first kappa shape index (κ1) is 16.5. The third kappa shape index (κ3) is 2.46. The quantitative estimate of drug-likeness (QED) is 0.493. The van der Waals surface area contributed by atoms with Gasteiger partial charge in [-0.25, -0.2) is 14.9 Å². The summed E-state index contributed by atoms with van der Waals surface area (Å²) in [5.74, 6) is -0.476. The van der Waals surface area contributed by atoms with Crippen LogP contribution in [0.3, 0.4) is 0 Å². The van der Waals surface area contributed by atoms with Gasteiger partial charge in [0.25, 0.3) is 11.1 Å². The van der Waals surface area contributed by atoms with Gasteiger partial charge >= 0.3 is 5.97 Å². The molecule has 136 valence electrons. The molecule has 0 bridgehead atoms. The summed E-state index contributed by atoms with van der Waals surface area (Å²) in [7, 11) is 1.20. The minimum atomic E-state index is -0.710. The molecule has 0 fully saturated rings. The monoisotopic (exact) mass is 367 g/mol. The smallest absolute Gasteiger partial charge is 0.341 e. The Hall–Kier alpha value is -3.95. The summed E-state index contributed by atoms with van der Waals surface area (Å²) in [6.45, 7) is 1.61. The molecule has 0 aliphatic carbocycles. The number of methoxy groups -OCH3 is 1. The summed E-state index contributed by atoms with van der Waals surface area (Å²) in [4.78, 5) is 41.5. The van der Waals surface area contributed by atoms with Crippen molar-refractivity contribution in [1.29, 1.82) is 0 Å². The Morgan fingerprint density at radius 2 is 2.04 bits per heavy atom. The number of carbonyl (C=O) groups is 1. The highest BCUT2D eigenvalue weighted by molar-refractivity contribution is 5.96. The highest BCUT2D eigenvalue weighted by Gasteiger charge is 2.23. The van der Waals surface area contributed by atoms with E-state index in [2.05, 4.69) is 15.2 Å². The number of carbonyl (C=O) groups excluding carboxylic acids is 1. The van der Waals surface area contributed by atoms with E-state index in [1.807, 2.05) is 0 Å². The van der Waals surface area contributed by atoms with E-state index in [9.17, 15) is 19.5 Å². The van der Waals surface area contributed by atoms with E-state index in [0.717, 1.165) is 0 Å². The van der Waals surface area contributed by atoms with E-state index in [4.69, 9.17) is 4.74 Å². The fourth-order valence-corrected chi connectivity index (χ4v) is 2.95. The molecule has 10 heteroatoms. The van der Waals surface area contributed by atoms with Crippen LogP contribution in [0.1, 0.15) is 16.2 Å². The fraction of sp³-hybridized carbons (Fsp3) is 0.118. The van der Waals surface area contributed by atoms with E-state index in [0.29, 0.717) is 11.3 Å². The zero-order valence-corrected chi connectivity index (χ0v) is 14.3. The zero-order valence-electron chi connectivity index (χ0n) is 14.3. The second-order valence-corrected chi connectivity index (χ2v) is 5.84. The number of hydrogen-bond acceptors (Lipinski definition) is 7. The first-order valence-electron chi connectivity index (χ1n) is 7.82. The number of nitrogens with zero attached hydrogens (tertiary/aromatic N) is 4. The summed E-state index contributed by atoms with van der Waals surface area (Å²) in [5.41, 5.74) is -0.323. The number of phenolic OH excluding ortho intramolecular Hbond substituents is 1. The van der Waals surface area contributed by atoms with Crippen LogP contribution in [0.15, 0.2) is 40.2 Å². The van der Waals surface area contributed by atoms with Crippen molar-refractivity contribution in [2.75, 3.05) is 7.11 Å². The minimum Gasteiger partial charge on any atom is -0.508 e. The van der Waals surface area contributed by atoms with Crippen LogP contribution in [0.4, 0.5) is 0 Å². The first-order valence-corrected chi connectivity index (χ1v) is 7.82. The van der Waals surface area contributed by atoms with Crippen LogP contribution in [0.2, 0.25) is 0 Å². The highest BCUT2D eigenvalue weighted by atomic mass is 16.5. The van der Waals surface area contributed by atoms with Crippen LogP contribution in [0, 0.1) is 6.92 Å². The van der Waals surface area contributed by atoms with Crippen molar-refractivity contribution in [3.8, 4) is 17.0 Å². The van der Waals surface area contributed by atoms with Crippen molar-refractivity contribution in [3.63, 3.8) is 0 Å². The summed E-state index contributed by atoms with van der Waals surface area (Å²) >= 11 is 0. The number of benzene rings is 1. The molecule has 2 aromatic rings. The van der Waals surface area contributed by atoms with Crippen LogP contribution in [-0.2, 0) is 4.74 Å². The zero-order chi connectivity index (χ0) is 19.3. The van der Waals surface area contributed by atoms with Gasteiger partial charge in [-0.05, 0) is 25.1 Å². The molecule has 4 rings (SSSR count). The molecule has 0 atom stereocenters. The fourth-order valence-electron chi connectivity index (χ4n) is 2.95. The molecule has 10 nitrogen and oxygen atoms in total. The molecular formula is C17H13N5O5. The van der Waals surface area contributed by atoms with Gasteiger partial charge < -0.3 is 9.84 Å². The second kappa shape index (κ2) is 5.80. The summed E-state index contributed by atoms with van der Waals surface area (Å²) in [6, 6.07) is 4.27. The number of rotatable bonds is 2. The molecule has 0 unspecified atom stereocenters. The predicted molar refractivity (Wildman–Crippen MR) is 94.0 cm³/mol. The van der Waals surface area contributed by atoms with Crippen LogP contribution in [-0.4, -0.2) is 42.7 Å². The average Bonchev–Trinajstić information content (AvgIpc) is 3.02. The lowest BCUT2D eigenvalue weighted by Crippen LogP contribution is -2.30. The maximum atomic E-state index is 13.0. The number of aromatic amines is 1. The molecule has 3 heterocycles. The Morgan fingerprint density at radius 1 is 1.26 bits per heavy atom. The largest absolute Gasteiger partial charge is 0.508 e. The van der Waals surface area contributed by atoms with Crippen molar-refractivity contribution in [1.82, 2.24) is 24.5 Å². The second-order valence-electron chi connectivity index (χ2n) is 5.84. The molecule has 0 spiro atoms. The van der Waals surface area contributed by atoms with Gasteiger partial charge in [-0.1, -0.05) is 0 Å². The third-order valence-corrected chi connectivity index (χ3v) is 4.17.